The van der Waals surface area contributed by atoms with Crippen molar-refractivity contribution in [3.63, 3.8) is 0 Å². The van der Waals surface area contributed by atoms with Crippen LogP contribution in [0.5, 0.6) is 0 Å². The summed E-state index contributed by atoms with van der Waals surface area (Å²) in [5.41, 5.74) is 0.0781. The van der Waals surface area contributed by atoms with E-state index in [0.29, 0.717) is 12.5 Å². The lowest BCUT2D eigenvalue weighted by Gasteiger charge is -2.22. The number of esters is 1. The molecular weight excluding hydrogens is 332 g/mol. The summed E-state index contributed by atoms with van der Waals surface area (Å²) >= 11 is 0. The Bertz CT molecular complexity index is 581. The number of methoxy groups -OCH3 is 1. The van der Waals surface area contributed by atoms with Gasteiger partial charge in [-0.2, -0.15) is 0 Å². The molecule has 126 valence electrons. The Hall–Kier alpha value is -1.09. The molecule has 1 aliphatic heterocycles. The van der Waals surface area contributed by atoms with Gasteiger partial charge in [-0.25, -0.2) is 17.9 Å². The zero-order valence-electron chi connectivity index (χ0n) is 12.3. The Labute approximate surface area is 136 Å². The lowest BCUT2D eigenvalue weighted by Crippen LogP contribution is -2.33. The Balaban J connectivity index is 0.00000242. The van der Waals surface area contributed by atoms with E-state index in [4.69, 9.17) is 4.42 Å². The van der Waals surface area contributed by atoms with Crippen LogP contribution >= 0.6 is 12.4 Å². The number of ether oxygens (including phenoxy) is 1. The van der Waals surface area contributed by atoms with E-state index in [1.807, 2.05) is 0 Å². The van der Waals surface area contributed by atoms with Crippen molar-refractivity contribution in [3.8, 4) is 0 Å². The largest absolute Gasteiger partial charge is 0.465 e. The highest BCUT2D eigenvalue weighted by molar-refractivity contribution is 7.89. The molecule has 2 N–H and O–H groups in total. The fourth-order valence-corrected chi connectivity index (χ4v) is 3.31. The van der Waals surface area contributed by atoms with E-state index in [1.54, 1.807) is 0 Å². The van der Waals surface area contributed by atoms with Crippen LogP contribution in [0.4, 0.5) is 0 Å². The summed E-state index contributed by atoms with van der Waals surface area (Å²) in [7, 11) is -2.50. The maximum absolute atomic E-state index is 12.0. The first-order chi connectivity index (χ1) is 10.0. The van der Waals surface area contributed by atoms with Crippen LogP contribution in [0.1, 0.15) is 29.6 Å². The fourth-order valence-electron chi connectivity index (χ4n) is 2.32. The van der Waals surface area contributed by atoms with Crippen molar-refractivity contribution in [3.05, 3.63) is 17.9 Å². The van der Waals surface area contributed by atoms with Gasteiger partial charge in [-0.1, -0.05) is 0 Å². The number of furan rings is 1. The van der Waals surface area contributed by atoms with E-state index in [1.165, 1.54) is 7.11 Å². The fraction of sp³-hybridized carbons (Fsp3) is 0.615. The third-order valence-corrected chi connectivity index (χ3v) is 4.83. The van der Waals surface area contributed by atoms with Crippen LogP contribution in [0.15, 0.2) is 21.8 Å². The second-order valence-corrected chi connectivity index (χ2v) is 6.74. The molecule has 0 aromatic carbocycles. The van der Waals surface area contributed by atoms with Gasteiger partial charge in [0, 0.05) is 12.6 Å². The summed E-state index contributed by atoms with van der Waals surface area (Å²) in [5, 5.41) is 3.02. The van der Waals surface area contributed by atoms with Gasteiger partial charge in [0.25, 0.3) is 10.0 Å². The van der Waals surface area contributed by atoms with E-state index in [0.717, 1.165) is 44.7 Å². The molecule has 2 heterocycles. The van der Waals surface area contributed by atoms with Gasteiger partial charge in [-0.3, -0.25) is 0 Å². The van der Waals surface area contributed by atoms with Crippen molar-refractivity contribution in [2.24, 2.45) is 5.92 Å². The number of piperidine rings is 1. The molecule has 1 unspecified atom stereocenters. The van der Waals surface area contributed by atoms with Gasteiger partial charge in [0.15, 0.2) is 0 Å². The smallest absolute Gasteiger partial charge is 0.341 e. The molecule has 1 aromatic heterocycles. The average Bonchev–Trinajstić information content (AvgIpc) is 2.98. The Morgan fingerprint density at radius 2 is 2.32 bits per heavy atom. The van der Waals surface area contributed by atoms with E-state index in [2.05, 4.69) is 14.8 Å². The molecule has 22 heavy (non-hydrogen) atoms. The minimum atomic E-state index is -3.73. The first kappa shape index (κ1) is 19.0. The Kier molecular flexibility index (Phi) is 7.34. The van der Waals surface area contributed by atoms with Crippen LogP contribution < -0.4 is 10.0 Å². The second kappa shape index (κ2) is 8.52. The van der Waals surface area contributed by atoms with Crippen LogP contribution in [-0.2, 0) is 14.8 Å². The summed E-state index contributed by atoms with van der Waals surface area (Å²) in [6.07, 6.45) is 4.09. The van der Waals surface area contributed by atoms with Crippen LogP contribution in [0.25, 0.3) is 0 Å². The van der Waals surface area contributed by atoms with Gasteiger partial charge in [-0.05, 0) is 38.3 Å². The third kappa shape index (κ3) is 4.98. The molecule has 1 atom stereocenters. The minimum absolute atomic E-state index is 0. The lowest BCUT2D eigenvalue weighted by molar-refractivity contribution is 0.0600. The second-order valence-electron chi connectivity index (χ2n) is 5.04. The molecule has 1 saturated heterocycles. The third-order valence-electron chi connectivity index (χ3n) is 3.50. The highest BCUT2D eigenvalue weighted by Crippen LogP contribution is 2.16. The van der Waals surface area contributed by atoms with Crippen molar-refractivity contribution in [2.75, 3.05) is 26.7 Å². The summed E-state index contributed by atoms with van der Waals surface area (Å²) in [4.78, 5) is 11.3. The molecule has 7 nitrogen and oxygen atoms in total. The zero-order valence-corrected chi connectivity index (χ0v) is 14.0. The van der Waals surface area contributed by atoms with Gasteiger partial charge < -0.3 is 14.5 Å². The van der Waals surface area contributed by atoms with Crippen LogP contribution in [0.3, 0.4) is 0 Å². The zero-order chi connectivity index (χ0) is 15.3. The first-order valence-electron chi connectivity index (χ1n) is 6.90. The number of halogens is 1. The summed E-state index contributed by atoms with van der Waals surface area (Å²) < 4.78 is 36.0. The lowest BCUT2D eigenvalue weighted by atomic mass is 9.96. The van der Waals surface area contributed by atoms with Gasteiger partial charge >= 0.3 is 5.97 Å². The number of nitrogens with one attached hydrogen (secondary N) is 2. The normalized spacial score (nSPS) is 18.5. The van der Waals surface area contributed by atoms with Crippen LogP contribution in [-0.4, -0.2) is 41.1 Å². The number of rotatable bonds is 6. The van der Waals surface area contributed by atoms with Crippen molar-refractivity contribution < 1.29 is 22.4 Å². The minimum Gasteiger partial charge on any atom is -0.465 e. The molecular formula is C13H21ClN2O5S. The molecule has 1 fully saturated rings. The molecule has 9 heteroatoms. The molecule has 0 bridgehead atoms. The number of hydrogen-bond acceptors (Lipinski definition) is 6. The maximum Gasteiger partial charge on any atom is 0.341 e. The molecule has 0 spiro atoms. The van der Waals surface area contributed by atoms with Gasteiger partial charge in [0.05, 0.1) is 12.7 Å². The monoisotopic (exact) mass is 352 g/mol. The summed E-state index contributed by atoms with van der Waals surface area (Å²) in [6, 6.07) is 1.16. The first-order valence-corrected chi connectivity index (χ1v) is 8.38. The summed E-state index contributed by atoms with van der Waals surface area (Å²) in [5.74, 6) is -0.142. The van der Waals surface area contributed by atoms with E-state index >= 15 is 0 Å². The molecule has 0 aliphatic carbocycles. The summed E-state index contributed by atoms with van der Waals surface area (Å²) in [6.45, 7) is 2.31. The predicted octanol–water partition coefficient (Wildman–Crippen LogP) is 1.16. The van der Waals surface area contributed by atoms with Crippen molar-refractivity contribution in [1.82, 2.24) is 10.0 Å². The molecule has 2 rings (SSSR count). The van der Waals surface area contributed by atoms with E-state index < -0.39 is 16.0 Å². The van der Waals surface area contributed by atoms with Crippen molar-refractivity contribution >= 4 is 28.4 Å². The highest BCUT2D eigenvalue weighted by Gasteiger charge is 2.22. The highest BCUT2D eigenvalue weighted by atomic mass is 35.5. The number of carbonyl (C=O) groups excluding carboxylic acids is 1. The number of hydrogen-bond donors (Lipinski definition) is 2. The number of carbonyl (C=O) groups is 1. The van der Waals surface area contributed by atoms with Crippen molar-refractivity contribution in [2.45, 2.75) is 24.4 Å². The topological polar surface area (TPSA) is 97.6 Å². The molecule has 0 amide bonds. The van der Waals surface area contributed by atoms with E-state index in [-0.39, 0.29) is 23.1 Å². The van der Waals surface area contributed by atoms with Gasteiger partial charge in [0.2, 0.25) is 5.09 Å². The van der Waals surface area contributed by atoms with Crippen LogP contribution in [0.2, 0.25) is 0 Å². The molecule has 1 aliphatic rings. The maximum atomic E-state index is 12.0. The Morgan fingerprint density at radius 3 is 2.95 bits per heavy atom. The predicted molar refractivity (Wildman–Crippen MR) is 82.7 cm³/mol. The van der Waals surface area contributed by atoms with E-state index in [9.17, 15) is 13.2 Å². The molecule has 1 aromatic rings. The SMILES string of the molecule is COC(=O)c1coc(S(=O)(=O)NCCC2CCCNC2)c1.Cl. The van der Waals surface area contributed by atoms with Gasteiger partial charge in [-0.15, -0.1) is 12.4 Å². The number of sulfonamides is 1. The van der Waals surface area contributed by atoms with Crippen molar-refractivity contribution in [1.29, 1.82) is 0 Å². The Morgan fingerprint density at radius 1 is 1.55 bits per heavy atom. The quantitative estimate of drug-likeness (QED) is 0.745. The molecule has 0 saturated carbocycles. The standard InChI is InChI=1S/C13H20N2O5S.ClH/c1-19-13(16)11-7-12(20-9-11)21(17,18)15-6-4-10-3-2-5-14-8-10;/h7,9-10,14-15H,2-6,8H2,1H3;1H. The average molecular weight is 353 g/mol. The molecule has 0 radical (unpaired) electrons. The van der Waals surface area contributed by atoms with Gasteiger partial charge in [0.1, 0.15) is 6.26 Å². The van der Waals surface area contributed by atoms with Crippen LogP contribution in [0, 0.1) is 5.92 Å².